The van der Waals surface area contributed by atoms with Crippen molar-refractivity contribution < 1.29 is 19.1 Å². The third-order valence-electron chi connectivity index (χ3n) is 8.89. The molecule has 9 heteroatoms. The summed E-state index contributed by atoms with van der Waals surface area (Å²) in [6.45, 7) is 4.32. The van der Waals surface area contributed by atoms with E-state index >= 15 is 0 Å². The summed E-state index contributed by atoms with van der Waals surface area (Å²) in [6.07, 6.45) is 4.84. The average Bonchev–Trinajstić information content (AvgIpc) is 3.32. The van der Waals surface area contributed by atoms with Crippen molar-refractivity contribution in [3.63, 3.8) is 0 Å². The van der Waals surface area contributed by atoms with Gasteiger partial charge < -0.3 is 24.8 Å². The molecule has 0 spiro atoms. The highest BCUT2D eigenvalue weighted by Gasteiger charge is 2.25. The lowest BCUT2D eigenvalue weighted by atomic mass is 9.99. The molecule has 2 aliphatic rings. The Hall–Kier alpha value is -4.47. The maximum absolute atomic E-state index is 13.9. The first-order valence-corrected chi connectivity index (χ1v) is 17.4. The van der Waals surface area contributed by atoms with Crippen LogP contribution in [0, 0.1) is 0 Å². The fraction of sp³-hybridized carbons (Fsp3) is 0.342. The van der Waals surface area contributed by atoms with E-state index in [4.69, 9.17) is 4.74 Å². The number of fused-ring (bicyclic) bond motifs is 1. The van der Waals surface area contributed by atoms with Gasteiger partial charge in [0.2, 0.25) is 5.91 Å². The molecule has 3 heterocycles. The molecular formula is C38H42N4O4S. The van der Waals surface area contributed by atoms with Crippen LogP contribution in [0.5, 0.6) is 5.75 Å². The van der Waals surface area contributed by atoms with E-state index in [0.717, 1.165) is 68.7 Å². The number of anilines is 2. The molecule has 8 nitrogen and oxygen atoms in total. The molecule has 1 saturated heterocycles. The molecule has 0 radical (unpaired) electrons. The van der Waals surface area contributed by atoms with Gasteiger partial charge >= 0.3 is 0 Å². The van der Waals surface area contributed by atoms with Gasteiger partial charge in [-0.25, -0.2) is 0 Å². The summed E-state index contributed by atoms with van der Waals surface area (Å²) in [4.78, 5) is 47.9. The minimum atomic E-state index is -0.273. The van der Waals surface area contributed by atoms with Crippen LogP contribution in [0.3, 0.4) is 0 Å². The van der Waals surface area contributed by atoms with Crippen molar-refractivity contribution in [1.82, 2.24) is 9.80 Å². The molecule has 0 saturated carbocycles. The Bertz CT molecular complexity index is 1700. The van der Waals surface area contributed by atoms with Crippen molar-refractivity contribution in [1.29, 1.82) is 0 Å². The van der Waals surface area contributed by atoms with Crippen LogP contribution in [0.25, 0.3) is 11.1 Å². The number of ether oxygens (including phenoxy) is 1. The van der Waals surface area contributed by atoms with E-state index in [1.807, 2.05) is 69.8 Å². The van der Waals surface area contributed by atoms with E-state index < -0.39 is 0 Å². The zero-order valence-electron chi connectivity index (χ0n) is 27.0. The Kier molecular flexibility index (Phi) is 10.6. The van der Waals surface area contributed by atoms with Crippen LogP contribution in [0.2, 0.25) is 0 Å². The number of likely N-dealkylation sites (N-methyl/N-ethyl adjacent to an activating group) is 1. The van der Waals surface area contributed by atoms with Crippen molar-refractivity contribution in [2.45, 2.75) is 38.5 Å². The standard InChI is InChI=1S/C38H42N4O4S/c1-40-20-10-21-41(24-23-40)36(43)16-9-25-46-34-27-29(38(45)42-22-8-7-15-35-33(42)19-26-47-35)17-18-32(34)39-37(44)31-14-6-5-13-30(31)28-11-3-2-4-12-28/h2-6,11-14,17-19,26-27H,7-10,15-16,20-25H2,1H3,(H,39,44). The van der Waals surface area contributed by atoms with Gasteiger partial charge in [0.1, 0.15) is 5.75 Å². The molecule has 0 atom stereocenters. The predicted octanol–water partition coefficient (Wildman–Crippen LogP) is 6.97. The van der Waals surface area contributed by atoms with Gasteiger partial charge in [0, 0.05) is 48.6 Å². The van der Waals surface area contributed by atoms with E-state index in [9.17, 15) is 14.4 Å². The highest BCUT2D eigenvalue weighted by Crippen LogP contribution is 2.34. The van der Waals surface area contributed by atoms with Crippen LogP contribution in [0.1, 0.15) is 57.7 Å². The van der Waals surface area contributed by atoms with E-state index in [0.29, 0.717) is 42.0 Å². The number of hydrogen-bond acceptors (Lipinski definition) is 6. The van der Waals surface area contributed by atoms with Gasteiger partial charge in [-0.1, -0.05) is 48.5 Å². The van der Waals surface area contributed by atoms with Crippen LogP contribution in [0.4, 0.5) is 11.4 Å². The smallest absolute Gasteiger partial charge is 0.258 e. The highest BCUT2D eigenvalue weighted by molar-refractivity contribution is 7.10. The number of aryl methyl sites for hydroxylation is 1. The van der Waals surface area contributed by atoms with E-state index in [1.54, 1.807) is 35.6 Å². The second-order valence-electron chi connectivity index (χ2n) is 12.2. The zero-order chi connectivity index (χ0) is 32.6. The summed E-state index contributed by atoms with van der Waals surface area (Å²) < 4.78 is 6.26. The predicted molar refractivity (Wildman–Crippen MR) is 189 cm³/mol. The number of carbonyl (C=O) groups excluding carboxylic acids is 3. The number of amides is 3. The summed E-state index contributed by atoms with van der Waals surface area (Å²) in [5, 5.41) is 5.09. The van der Waals surface area contributed by atoms with Gasteiger partial charge in [-0.05, 0) is 92.5 Å². The van der Waals surface area contributed by atoms with Crippen molar-refractivity contribution >= 4 is 40.4 Å². The summed E-state index contributed by atoms with van der Waals surface area (Å²) in [5.74, 6) is 0.173. The Morgan fingerprint density at radius 3 is 2.55 bits per heavy atom. The average molecular weight is 651 g/mol. The molecule has 1 N–H and O–H groups in total. The maximum Gasteiger partial charge on any atom is 0.258 e. The molecule has 3 aromatic carbocycles. The van der Waals surface area contributed by atoms with Gasteiger partial charge in [-0.15, -0.1) is 11.3 Å². The molecule has 3 amide bonds. The van der Waals surface area contributed by atoms with Gasteiger partial charge in [0.05, 0.1) is 18.0 Å². The minimum Gasteiger partial charge on any atom is -0.491 e. The molecule has 4 aromatic rings. The molecule has 0 bridgehead atoms. The van der Waals surface area contributed by atoms with Crippen LogP contribution in [-0.2, 0) is 11.2 Å². The van der Waals surface area contributed by atoms with Crippen molar-refractivity contribution in [2.24, 2.45) is 0 Å². The van der Waals surface area contributed by atoms with Crippen LogP contribution < -0.4 is 15.0 Å². The first-order valence-electron chi connectivity index (χ1n) is 16.5. The summed E-state index contributed by atoms with van der Waals surface area (Å²) in [6, 6.07) is 24.6. The molecule has 0 aliphatic carbocycles. The molecule has 1 fully saturated rings. The Labute approximate surface area is 280 Å². The first-order chi connectivity index (χ1) is 23.0. The summed E-state index contributed by atoms with van der Waals surface area (Å²) in [7, 11) is 2.09. The molecule has 244 valence electrons. The summed E-state index contributed by atoms with van der Waals surface area (Å²) >= 11 is 1.69. The van der Waals surface area contributed by atoms with Crippen molar-refractivity contribution in [2.75, 3.05) is 56.6 Å². The first kappa shape index (κ1) is 32.5. The van der Waals surface area contributed by atoms with Crippen LogP contribution >= 0.6 is 11.3 Å². The number of hydrogen-bond donors (Lipinski definition) is 1. The number of benzene rings is 3. The lowest BCUT2D eigenvalue weighted by Gasteiger charge is -2.22. The number of thiophene rings is 1. The second kappa shape index (κ2) is 15.4. The number of nitrogens with one attached hydrogen (secondary N) is 1. The SMILES string of the molecule is CN1CCCN(C(=O)CCCOc2cc(C(=O)N3CCCCc4sccc43)ccc2NC(=O)c2ccccc2-c2ccccc2)CC1. The van der Waals surface area contributed by atoms with Crippen LogP contribution in [-0.4, -0.2) is 73.9 Å². The fourth-order valence-corrected chi connectivity index (χ4v) is 7.20. The maximum atomic E-state index is 13.9. The quantitative estimate of drug-likeness (QED) is 0.198. The largest absolute Gasteiger partial charge is 0.491 e. The second-order valence-corrected chi connectivity index (χ2v) is 13.2. The van der Waals surface area contributed by atoms with Crippen molar-refractivity contribution in [3.8, 4) is 16.9 Å². The van der Waals surface area contributed by atoms with E-state index in [1.165, 1.54) is 4.88 Å². The summed E-state index contributed by atoms with van der Waals surface area (Å²) in [5.41, 5.74) is 4.25. The number of carbonyl (C=O) groups is 3. The molecule has 0 unspecified atom stereocenters. The lowest BCUT2D eigenvalue weighted by molar-refractivity contribution is -0.131. The third kappa shape index (κ3) is 7.92. The van der Waals surface area contributed by atoms with E-state index in [2.05, 4.69) is 17.3 Å². The normalized spacial score (nSPS) is 15.3. The van der Waals surface area contributed by atoms with Gasteiger partial charge in [-0.3, -0.25) is 14.4 Å². The fourth-order valence-electron chi connectivity index (χ4n) is 6.28. The Balaban J connectivity index is 1.21. The van der Waals surface area contributed by atoms with Crippen LogP contribution in [0.15, 0.2) is 84.2 Å². The Morgan fingerprint density at radius 1 is 0.851 bits per heavy atom. The van der Waals surface area contributed by atoms with Crippen molar-refractivity contribution in [3.05, 3.63) is 100 Å². The number of rotatable bonds is 9. The molecule has 2 aliphatic heterocycles. The third-order valence-corrected chi connectivity index (χ3v) is 9.86. The van der Waals surface area contributed by atoms with Gasteiger partial charge in [0.25, 0.3) is 11.8 Å². The minimum absolute atomic E-state index is 0.0926. The van der Waals surface area contributed by atoms with E-state index in [-0.39, 0.29) is 24.3 Å². The Morgan fingerprint density at radius 2 is 1.68 bits per heavy atom. The molecule has 1 aromatic heterocycles. The topological polar surface area (TPSA) is 82.2 Å². The zero-order valence-corrected chi connectivity index (χ0v) is 27.8. The monoisotopic (exact) mass is 650 g/mol. The highest BCUT2D eigenvalue weighted by atomic mass is 32.1. The van der Waals surface area contributed by atoms with Gasteiger partial charge in [0.15, 0.2) is 0 Å². The number of nitrogens with zero attached hydrogens (tertiary/aromatic N) is 3. The molecule has 6 rings (SSSR count). The molecular weight excluding hydrogens is 609 g/mol. The van der Waals surface area contributed by atoms with Gasteiger partial charge in [-0.2, -0.15) is 0 Å². The lowest BCUT2D eigenvalue weighted by Crippen LogP contribution is -2.34. The molecule has 47 heavy (non-hydrogen) atoms.